The molecule has 3 rings (SSSR count). The van der Waals surface area contributed by atoms with Crippen LogP contribution in [0.2, 0.25) is 0 Å². The summed E-state index contributed by atoms with van der Waals surface area (Å²) in [6.45, 7) is 0. The van der Waals surface area contributed by atoms with Gasteiger partial charge >= 0.3 is 0 Å². The molecule has 2 aromatic carbocycles. The van der Waals surface area contributed by atoms with Gasteiger partial charge in [0.15, 0.2) is 0 Å². The number of nitrogens with one attached hydrogen (secondary N) is 1. The molecular formula is C18H10BrFN2O. The van der Waals surface area contributed by atoms with Crippen LogP contribution in [0.5, 0.6) is 0 Å². The van der Waals surface area contributed by atoms with Gasteiger partial charge in [-0.05, 0) is 53.6 Å². The second kappa shape index (κ2) is 6.19. The van der Waals surface area contributed by atoms with Crippen molar-refractivity contribution in [1.29, 1.82) is 5.26 Å². The minimum Gasteiger partial charge on any atom is -0.321 e. The monoisotopic (exact) mass is 368 g/mol. The molecule has 3 nitrogen and oxygen atoms in total. The summed E-state index contributed by atoms with van der Waals surface area (Å²) in [6, 6.07) is 16.9. The van der Waals surface area contributed by atoms with Gasteiger partial charge in [-0.1, -0.05) is 28.1 Å². The Morgan fingerprint density at radius 1 is 1.04 bits per heavy atom. The van der Waals surface area contributed by atoms with Gasteiger partial charge in [-0.15, -0.1) is 0 Å². The van der Waals surface area contributed by atoms with Crippen LogP contribution in [-0.4, -0.2) is 4.98 Å². The highest BCUT2D eigenvalue weighted by Crippen LogP contribution is 2.28. The second-order valence-electron chi connectivity index (χ2n) is 4.93. The Kier molecular flexibility index (Phi) is 4.09. The summed E-state index contributed by atoms with van der Waals surface area (Å²) < 4.78 is 13.9. The van der Waals surface area contributed by atoms with E-state index in [4.69, 9.17) is 0 Å². The molecule has 0 bridgehead atoms. The Morgan fingerprint density at radius 3 is 2.43 bits per heavy atom. The van der Waals surface area contributed by atoms with Crippen molar-refractivity contribution in [2.45, 2.75) is 0 Å². The topological polar surface area (TPSA) is 56.6 Å². The minimum atomic E-state index is -0.468. The van der Waals surface area contributed by atoms with Gasteiger partial charge in [0.2, 0.25) is 0 Å². The average Bonchev–Trinajstić information content (AvgIpc) is 2.55. The zero-order chi connectivity index (χ0) is 16.4. The van der Waals surface area contributed by atoms with Crippen molar-refractivity contribution in [3.63, 3.8) is 0 Å². The van der Waals surface area contributed by atoms with Gasteiger partial charge in [-0.2, -0.15) is 5.26 Å². The van der Waals surface area contributed by atoms with Crippen molar-refractivity contribution in [2.24, 2.45) is 0 Å². The molecule has 112 valence electrons. The molecule has 0 aliphatic rings. The van der Waals surface area contributed by atoms with E-state index in [1.165, 1.54) is 12.1 Å². The molecule has 0 saturated carbocycles. The number of benzene rings is 2. The van der Waals surface area contributed by atoms with Gasteiger partial charge in [0.25, 0.3) is 5.56 Å². The molecule has 1 aromatic heterocycles. The number of aromatic amines is 1. The Morgan fingerprint density at radius 2 is 1.78 bits per heavy atom. The van der Waals surface area contributed by atoms with E-state index in [-0.39, 0.29) is 11.4 Å². The summed E-state index contributed by atoms with van der Waals surface area (Å²) in [5.41, 5.74) is 2.08. The maximum Gasteiger partial charge on any atom is 0.266 e. The summed E-state index contributed by atoms with van der Waals surface area (Å²) in [5, 5.41) is 9.30. The molecular weight excluding hydrogens is 359 g/mol. The lowest BCUT2D eigenvalue weighted by atomic mass is 9.99. The first-order chi connectivity index (χ1) is 11.1. The van der Waals surface area contributed by atoms with Crippen molar-refractivity contribution < 1.29 is 4.39 Å². The molecule has 0 saturated heterocycles. The molecule has 0 aliphatic carbocycles. The van der Waals surface area contributed by atoms with Crippen molar-refractivity contribution in [3.05, 3.63) is 80.8 Å². The quantitative estimate of drug-likeness (QED) is 0.724. The van der Waals surface area contributed by atoms with E-state index in [1.807, 2.05) is 30.3 Å². The summed E-state index contributed by atoms with van der Waals surface area (Å²) in [4.78, 5) is 14.9. The predicted octanol–water partition coefficient (Wildman–Crippen LogP) is 4.48. The van der Waals surface area contributed by atoms with Crippen LogP contribution in [0.3, 0.4) is 0 Å². The van der Waals surface area contributed by atoms with Gasteiger partial charge in [0, 0.05) is 15.7 Å². The van der Waals surface area contributed by atoms with E-state index in [9.17, 15) is 14.4 Å². The summed E-state index contributed by atoms with van der Waals surface area (Å²) in [5.74, 6) is -0.350. The van der Waals surface area contributed by atoms with Crippen molar-refractivity contribution in [1.82, 2.24) is 4.98 Å². The van der Waals surface area contributed by atoms with Gasteiger partial charge in [0.1, 0.15) is 17.4 Å². The lowest BCUT2D eigenvalue weighted by Crippen LogP contribution is -2.12. The van der Waals surface area contributed by atoms with E-state index in [2.05, 4.69) is 20.9 Å². The molecule has 0 fully saturated rings. The van der Waals surface area contributed by atoms with Gasteiger partial charge in [0.05, 0.1) is 0 Å². The molecule has 23 heavy (non-hydrogen) atoms. The molecule has 3 aromatic rings. The number of nitriles is 1. The molecule has 1 N–H and O–H groups in total. The van der Waals surface area contributed by atoms with Crippen molar-refractivity contribution >= 4 is 15.9 Å². The molecule has 0 amide bonds. The Labute approximate surface area is 140 Å². The van der Waals surface area contributed by atoms with Crippen LogP contribution in [0.25, 0.3) is 22.4 Å². The second-order valence-corrected chi connectivity index (χ2v) is 5.85. The smallest absolute Gasteiger partial charge is 0.266 e. The number of rotatable bonds is 2. The van der Waals surface area contributed by atoms with E-state index in [1.54, 1.807) is 18.2 Å². The fourth-order valence-corrected chi connectivity index (χ4v) is 2.74. The molecule has 0 aliphatic heterocycles. The van der Waals surface area contributed by atoms with Crippen LogP contribution in [-0.2, 0) is 0 Å². The van der Waals surface area contributed by atoms with E-state index < -0.39 is 5.56 Å². The van der Waals surface area contributed by atoms with E-state index in [0.29, 0.717) is 16.8 Å². The Hall–Kier alpha value is -2.71. The number of H-pyrrole nitrogens is 1. The van der Waals surface area contributed by atoms with Crippen LogP contribution in [0.4, 0.5) is 4.39 Å². The predicted molar refractivity (Wildman–Crippen MR) is 90.3 cm³/mol. The number of pyridine rings is 1. The highest BCUT2D eigenvalue weighted by atomic mass is 79.9. The zero-order valence-corrected chi connectivity index (χ0v) is 13.4. The third kappa shape index (κ3) is 3.08. The fourth-order valence-electron chi connectivity index (χ4n) is 2.34. The molecule has 5 heteroatoms. The van der Waals surface area contributed by atoms with Gasteiger partial charge in [-0.25, -0.2) is 4.39 Å². The summed E-state index contributed by atoms with van der Waals surface area (Å²) >= 11 is 3.39. The van der Waals surface area contributed by atoms with Crippen LogP contribution < -0.4 is 5.56 Å². The molecule has 0 atom stereocenters. The lowest BCUT2D eigenvalue weighted by Gasteiger charge is -2.08. The maximum absolute atomic E-state index is 13.1. The van der Waals surface area contributed by atoms with Crippen LogP contribution in [0.15, 0.2) is 63.9 Å². The fraction of sp³-hybridized carbons (Fsp3) is 0. The third-order valence-electron chi connectivity index (χ3n) is 3.44. The largest absolute Gasteiger partial charge is 0.321 e. The first-order valence-electron chi connectivity index (χ1n) is 6.78. The zero-order valence-electron chi connectivity index (χ0n) is 11.8. The Bertz CT molecular complexity index is 972. The molecule has 1 heterocycles. The third-order valence-corrected chi connectivity index (χ3v) is 3.93. The maximum atomic E-state index is 13.1. The minimum absolute atomic E-state index is 0.0500. The van der Waals surface area contributed by atoms with Crippen LogP contribution >= 0.6 is 15.9 Å². The molecule has 0 radical (unpaired) electrons. The van der Waals surface area contributed by atoms with Crippen molar-refractivity contribution in [3.8, 4) is 28.5 Å². The highest BCUT2D eigenvalue weighted by molar-refractivity contribution is 9.10. The average molecular weight is 369 g/mol. The molecule has 0 spiro atoms. The SMILES string of the molecule is N#Cc1c(-c2cccc(Br)c2)cc(-c2ccc(F)cc2)[nH]c1=O. The number of nitrogens with zero attached hydrogens (tertiary/aromatic N) is 1. The van der Waals surface area contributed by atoms with Crippen LogP contribution in [0, 0.1) is 17.1 Å². The number of aromatic nitrogens is 1. The van der Waals surface area contributed by atoms with Crippen molar-refractivity contribution in [2.75, 3.05) is 0 Å². The summed E-state index contributed by atoms with van der Waals surface area (Å²) in [7, 11) is 0. The normalized spacial score (nSPS) is 10.3. The molecule has 0 unspecified atom stereocenters. The van der Waals surface area contributed by atoms with E-state index >= 15 is 0 Å². The number of halogens is 2. The standard InChI is InChI=1S/C18H10BrFN2O/c19-13-3-1-2-12(8-13)15-9-17(22-18(23)16(15)10-21)11-4-6-14(20)7-5-11/h1-9H,(H,22,23). The van der Waals surface area contributed by atoms with E-state index in [0.717, 1.165) is 10.0 Å². The number of hydrogen-bond acceptors (Lipinski definition) is 2. The summed E-state index contributed by atoms with van der Waals surface area (Å²) in [6.07, 6.45) is 0. The van der Waals surface area contributed by atoms with Crippen LogP contribution in [0.1, 0.15) is 5.56 Å². The van der Waals surface area contributed by atoms with Gasteiger partial charge < -0.3 is 4.98 Å². The van der Waals surface area contributed by atoms with Gasteiger partial charge in [-0.3, -0.25) is 4.79 Å². The highest BCUT2D eigenvalue weighted by Gasteiger charge is 2.12. The lowest BCUT2D eigenvalue weighted by molar-refractivity contribution is 0.628. The first-order valence-corrected chi connectivity index (χ1v) is 7.57. The number of hydrogen-bond donors (Lipinski definition) is 1. The first kappa shape index (κ1) is 15.2. The Balaban J connectivity index is 2.24.